The lowest BCUT2D eigenvalue weighted by Gasteiger charge is -2.16. The number of aromatic nitrogens is 2. The summed E-state index contributed by atoms with van der Waals surface area (Å²) in [5.74, 6) is 0.836. The molecule has 9 nitrogen and oxygen atoms in total. The molecule has 0 radical (unpaired) electrons. The summed E-state index contributed by atoms with van der Waals surface area (Å²) in [4.78, 5) is 33.4. The lowest BCUT2D eigenvalue weighted by atomic mass is 9.98. The second kappa shape index (κ2) is 14.3. The first kappa shape index (κ1) is 29.6. The number of para-hydroxylation sites is 1. The molecule has 0 unspecified atom stereocenters. The number of benzene rings is 2. The van der Waals surface area contributed by atoms with Crippen molar-refractivity contribution in [3.05, 3.63) is 71.2 Å². The van der Waals surface area contributed by atoms with Gasteiger partial charge in [-0.25, -0.2) is 9.97 Å². The van der Waals surface area contributed by atoms with Gasteiger partial charge in [-0.15, -0.1) is 23.1 Å². The maximum atomic E-state index is 12.7. The van der Waals surface area contributed by atoms with Crippen molar-refractivity contribution in [2.24, 2.45) is 0 Å². The molecule has 0 fully saturated rings. The highest BCUT2D eigenvalue weighted by molar-refractivity contribution is 7.99. The predicted octanol–water partition coefficient (Wildman–Crippen LogP) is 5.99. The van der Waals surface area contributed by atoms with Crippen LogP contribution >= 0.6 is 23.1 Å². The second-order valence-electron chi connectivity index (χ2n) is 8.53. The third-order valence-electron chi connectivity index (χ3n) is 5.86. The van der Waals surface area contributed by atoms with E-state index in [1.54, 1.807) is 32.6 Å². The molecular weight excluding hydrogens is 560 g/mol. The standard InChI is InChI=1S/C30H28N4O5S2/c1-4-39-27(36)15-20-18-41-30(32-20)34-26(35)13-14-40-29-23(17-31)22(16-24(33-29)19-9-6-5-7-10-19)21-11-8-12-25(37-2)28(21)38-3/h5-12,16,18H,4,13-15H2,1-3H3,(H,32,34,35). The van der Waals surface area contributed by atoms with Crippen LogP contribution < -0.4 is 14.8 Å². The number of ether oxygens (including phenoxy) is 3. The van der Waals surface area contributed by atoms with Gasteiger partial charge < -0.3 is 19.5 Å². The summed E-state index contributed by atoms with van der Waals surface area (Å²) in [7, 11) is 3.12. The Morgan fingerprint density at radius 1 is 1.05 bits per heavy atom. The first-order valence-corrected chi connectivity index (χ1v) is 14.6. The number of nitriles is 1. The molecule has 0 atom stereocenters. The topological polar surface area (TPSA) is 123 Å². The normalized spacial score (nSPS) is 10.5. The van der Waals surface area contributed by atoms with Crippen molar-refractivity contribution >= 4 is 40.1 Å². The number of carbonyl (C=O) groups is 2. The largest absolute Gasteiger partial charge is 0.493 e. The number of pyridine rings is 1. The van der Waals surface area contributed by atoms with E-state index in [2.05, 4.69) is 16.4 Å². The minimum absolute atomic E-state index is 0.0524. The molecule has 1 N–H and O–H groups in total. The SMILES string of the molecule is CCOC(=O)Cc1csc(NC(=O)CCSc2nc(-c3ccccc3)cc(-c3cccc(OC)c3OC)c2C#N)n1. The van der Waals surface area contributed by atoms with Gasteiger partial charge >= 0.3 is 5.97 Å². The molecule has 210 valence electrons. The van der Waals surface area contributed by atoms with Gasteiger partial charge in [-0.05, 0) is 19.1 Å². The molecule has 0 aliphatic heterocycles. The average Bonchev–Trinajstić information content (AvgIpc) is 3.42. The summed E-state index contributed by atoms with van der Waals surface area (Å²) in [5.41, 5.74) is 3.85. The Kier molecular flexibility index (Phi) is 10.3. The van der Waals surface area contributed by atoms with E-state index in [1.807, 2.05) is 48.5 Å². The number of thioether (sulfide) groups is 1. The number of anilines is 1. The van der Waals surface area contributed by atoms with Crippen LogP contribution in [0.15, 0.2) is 65.0 Å². The summed E-state index contributed by atoms with van der Waals surface area (Å²) in [6.45, 7) is 2.04. The summed E-state index contributed by atoms with van der Waals surface area (Å²) >= 11 is 2.57. The van der Waals surface area contributed by atoms with Crippen LogP contribution in [-0.4, -0.2) is 48.4 Å². The van der Waals surface area contributed by atoms with Gasteiger partial charge in [0, 0.05) is 34.2 Å². The molecule has 2 aromatic heterocycles. The Balaban J connectivity index is 1.56. The van der Waals surface area contributed by atoms with Gasteiger partial charge in [0.15, 0.2) is 16.6 Å². The predicted molar refractivity (Wildman–Crippen MR) is 159 cm³/mol. The van der Waals surface area contributed by atoms with E-state index >= 15 is 0 Å². The zero-order valence-corrected chi connectivity index (χ0v) is 24.4. The van der Waals surface area contributed by atoms with E-state index in [0.717, 1.165) is 5.56 Å². The van der Waals surface area contributed by atoms with E-state index in [1.165, 1.54) is 23.1 Å². The van der Waals surface area contributed by atoms with Gasteiger partial charge in [-0.2, -0.15) is 5.26 Å². The highest BCUT2D eigenvalue weighted by atomic mass is 32.2. The van der Waals surface area contributed by atoms with Gasteiger partial charge in [0.25, 0.3) is 0 Å². The summed E-state index contributed by atoms with van der Waals surface area (Å²) in [6, 6.07) is 19.4. The molecule has 11 heteroatoms. The van der Waals surface area contributed by atoms with Crippen molar-refractivity contribution < 1.29 is 23.8 Å². The molecule has 0 saturated heterocycles. The first-order valence-electron chi connectivity index (χ1n) is 12.7. The molecule has 0 spiro atoms. The van der Waals surface area contributed by atoms with Crippen LogP contribution in [0.4, 0.5) is 5.13 Å². The van der Waals surface area contributed by atoms with E-state index in [4.69, 9.17) is 19.2 Å². The summed E-state index contributed by atoms with van der Waals surface area (Å²) in [5, 5.41) is 15.6. The van der Waals surface area contributed by atoms with Crippen molar-refractivity contribution in [2.75, 3.05) is 31.9 Å². The number of hydrogen-bond donors (Lipinski definition) is 1. The van der Waals surface area contributed by atoms with E-state index in [0.29, 0.717) is 62.1 Å². The molecule has 0 aliphatic rings. The first-order chi connectivity index (χ1) is 20.0. The van der Waals surface area contributed by atoms with Crippen LogP contribution in [0.3, 0.4) is 0 Å². The zero-order chi connectivity index (χ0) is 29.2. The molecule has 0 aliphatic carbocycles. The zero-order valence-electron chi connectivity index (χ0n) is 22.8. The number of carbonyl (C=O) groups excluding carboxylic acids is 2. The Bertz CT molecular complexity index is 1570. The molecule has 4 rings (SSSR count). The van der Waals surface area contributed by atoms with E-state index in [9.17, 15) is 14.9 Å². The molecule has 2 aromatic carbocycles. The fourth-order valence-corrected chi connectivity index (χ4v) is 5.70. The molecule has 2 heterocycles. The van der Waals surface area contributed by atoms with Gasteiger partial charge in [-0.1, -0.05) is 42.5 Å². The number of nitrogens with one attached hydrogen (secondary N) is 1. The van der Waals surface area contributed by atoms with Gasteiger partial charge in [0.05, 0.1) is 44.2 Å². The Morgan fingerprint density at radius 3 is 2.56 bits per heavy atom. The van der Waals surface area contributed by atoms with Crippen molar-refractivity contribution in [1.82, 2.24) is 9.97 Å². The number of methoxy groups -OCH3 is 2. The molecule has 41 heavy (non-hydrogen) atoms. The maximum absolute atomic E-state index is 12.7. The monoisotopic (exact) mass is 588 g/mol. The van der Waals surface area contributed by atoms with Crippen LogP contribution in [-0.2, 0) is 20.7 Å². The van der Waals surface area contributed by atoms with Crippen molar-refractivity contribution in [1.29, 1.82) is 5.26 Å². The van der Waals surface area contributed by atoms with E-state index in [-0.39, 0.29) is 24.7 Å². The fourth-order valence-electron chi connectivity index (χ4n) is 4.03. The molecule has 4 aromatic rings. The lowest BCUT2D eigenvalue weighted by Crippen LogP contribution is -2.12. The maximum Gasteiger partial charge on any atom is 0.311 e. The summed E-state index contributed by atoms with van der Waals surface area (Å²) in [6.07, 6.45) is 0.216. The van der Waals surface area contributed by atoms with Gasteiger partial charge in [0.2, 0.25) is 5.91 Å². The molecule has 1 amide bonds. The van der Waals surface area contributed by atoms with Crippen LogP contribution in [0.25, 0.3) is 22.4 Å². The van der Waals surface area contributed by atoms with Crippen molar-refractivity contribution in [3.8, 4) is 40.0 Å². The molecule has 0 bridgehead atoms. The van der Waals surface area contributed by atoms with Crippen molar-refractivity contribution in [3.63, 3.8) is 0 Å². The number of rotatable bonds is 12. The van der Waals surface area contributed by atoms with Crippen molar-refractivity contribution in [2.45, 2.75) is 24.8 Å². The highest BCUT2D eigenvalue weighted by Crippen LogP contribution is 2.42. The lowest BCUT2D eigenvalue weighted by molar-refractivity contribution is -0.142. The minimum atomic E-state index is -0.364. The van der Waals surface area contributed by atoms with Crippen LogP contribution in [0.2, 0.25) is 0 Å². The Morgan fingerprint density at radius 2 is 1.85 bits per heavy atom. The molecule has 0 saturated carbocycles. The molecular formula is C30H28N4O5S2. The number of esters is 1. The van der Waals surface area contributed by atoms with E-state index < -0.39 is 0 Å². The van der Waals surface area contributed by atoms with Crippen LogP contribution in [0, 0.1) is 11.3 Å². The Hall–Kier alpha value is -4.40. The smallest absolute Gasteiger partial charge is 0.311 e. The Labute approximate surface area is 246 Å². The number of thiazole rings is 1. The minimum Gasteiger partial charge on any atom is -0.493 e. The number of nitrogens with zero attached hydrogens (tertiary/aromatic N) is 3. The third kappa shape index (κ3) is 7.42. The highest BCUT2D eigenvalue weighted by Gasteiger charge is 2.21. The van der Waals surface area contributed by atoms with Gasteiger partial charge in [0.1, 0.15) is 11.1 Å². The van der Waals surface area contributed by atoms with Gasteiger partial charge in [-0.3, -0.25) is 9.59 Å². The summed E-state index contributed by atoms with van der Waals surface area (Å²) < 4.78 is 16.1. The average molecular weight is 589 g/mol. The van der Waals surface area contributed by atoms with Crippen LogP contribution in [0.1, 0.15) is 24.6 Å². The number of hydrogen-bond acceptors (Lipinski definition) is 10. The van der Waals surface area contributed by atoms with Crippen LogP contribution in [0.5, 0.6) is 11.5 Å². The second-order valence-corrected chi connectivity index (χ2v) is 10.5. The fraction of sp³-hybridized carbons (Fsp3) is 0.233. The number of amides is 1. The third-order valence-corrected chi connectivity index (χ3v) is 7.64. The quantitative estimate of drug-likeness (QED) is 0.157.